The van der Waals surface area contributed by atoms with Crippen molar-refractivity contribution in [3.8, 4) is 5.75 Å². The van der Waals surface area contributed by atoms with Crippen molar-refractivity contribution in [2.75, 3.05) is 39.8 Å². The van der Waals surface area contributed by atoms with Crippen LogP contribution in [0.25, 0.3) is 0 Å². The van der Waals surface area contributed by atoms with Gasteiger partial charge in [0.1, 0.15) is 5.75 Å². The summed E-state index contributed by atoms with van der Waals surface area (Å²) >= 11 is 0. The number of ether oxygens (including phenoxy) is 1. The van der Waals surface area contributed by atoms with Crippen LogP contribution >= 0.6 is 0 Å². The number of nitrogens with zero attached hydrogens (tertiary/aromatic N) is 2. The summed E-state index contributed by atoms with van der Waals surface area (Å²) in [6.45, 7) is 4.83. The van der Waals surface area contributed by atoms with Gasteiger partial charge >= 0.3 is 0 Å². The van der Waals surface area contributed by atoms with Crippen molar-refractivity contribution < 1.29 is 9.53 Å². The van der Waals surface area contributed by atoms with E-state index in [1.807, 2.05) is 0 Å². The van der Waals surface area contributed by atoms with Crippen LogP contribution in [0.2, 0.25) is 0 Å². The van der Waals surface area contributed by atoms with Crippen molar-refractivity contribution in [1.82, 2.24) is 9.80 Å². The Labute approximate surface area is 161 Å². The molecule has 2 aliphatic heterocycles. The van der Waals surface area contributed by atoms with E-state index >= 15 is 0 Å². The van der Waals surface area contributed by atoms with Crippen LogP contribution in [-0.4, -0.2) is 61.6 Å². The van der Waals surface area contributed by atoms with Crippen LogP contribution in [0.5, 0.6) is 5.75 Å². The summed E-state index contributed by atoms with van der Waals surface area (Å²) in [4.78, 5) is 16.6. The fourth-order valence-corrected chi connectivity index (χ4v) is 6.16. The minimum absolute atomic E-state index is 0.205. The van der Waals surface area contributed by atoms with Gasteiger partial charge in [0, 0.05) is 24.5 Å². The third-order valence-electron chi connectivity index (χ3n) is 7.67. The van der Waals surface area contributed by atoms with Gasteiger partial charge in [0.05, 0.1) is 13.7 Å². The Kier molecular flexibility index (Phi) is 4.21. The number of benzene rings is 1. The second-order valence-electron chi connectivity index (χ2n) is 9.20. The zero-order chi connectivity index (χ0) is 18.6. The molecule has 27 heavy (non-hydrogen) atoms. The summed E-state index contributed by atoms with van der Waals surface area (Å²) in [5, 5.41) is 0. The summed E-state index contributed by atoms with van der Waals surface area (Å²) in [6, 6.07) is 7.32. The molecular weight excluding hydrogens is 338 g/mol. The highest BCUT2D eigenvalue weighted by Crippen LogP contribution is 2.54. The zero-order valence-electron chi connectivity index (χ0n) is 16.3. The van der Waals surface area contributed by atoms with Gasteiger partial charge in [-0.1, -0.05) is 6.07 Å². The first-order chi connectivity index (χ1) is 13.1. The number of piperidine rings is 2. The van der Waals surface area contributed by atoms with Gasteiger partial charge in [-0.25, -0.2) is 0 Å². The molecule has 5 nitrogen and oxygen atoms in total. The van der Waals surface area contributed by atoms with E-state index in [1.54, 1.807) is 7.11 Å². The number of primary amides is 1. The molecule has 0 unspecified atom stereocenters. The molecule has 2 saturated heterocycles. The topological polar surface area (TPSA) is 58.8 Å². The molecule has 1 amide bonds. The maximum atomic E-state index is 11.5. The Morgan fingerprint density at radius 3 is 2.85 bits per heavy atom. The standard InChI is InChI=1S/C22H31N3O2/c1-27-17-5-4-16-10-20-19-13-24(14-21(23)26)8-6-22(19,18(16)11-17)7-9-25(20)12-15-2-3-15/h4-5,11,15,19-20H,2-3,6-10,12-14H2,1H3,(H2,23,26)/t19-,20+,22-/m0/s1. The number of fused-ring (bicyclic) bond motifs is 1. The van der Waals surface area contributed by atoms with Gasteiger partial charge in [-0.2, -0.15) is 0 Å². The highest BCUT2D eigenvalue weighted by molar-refractivity contribution is 5.76. The van der Waals surface area contributed by atoms with Crippen molar-refractivity contribution in [2.45, 2.75) is 43.6 Å². The highest BCUT2D eigenvalue weighted by atomic mass is 16.5. The molecule has 0 spiro atoms. The first-order valence-corrected chi connectivity index (χ1v) is 10.5. The maximum absolute atomic E-state index is 11.5. The minimum atomic E-state index is -0.205. The highest BCUT2D eigenvalue weighted by Gasteiger charge is 2.55. The number of hydrogen-bond donors (Lipinski definition) is 1. The number of carbonyl (C=O) groups excluding carboxylic acids is 1. The van der Waals surface area contributed by atoms with E-state index in [9.17, 15) is 4.79 Å². The Morgan fingerprint density at radius 1 is 1.30 bits per heavy atom. The van der Waals surface area contributed by atoms with Gasteiger partial charge in [-0.15, -0.1) is 0 Å². The Hall–Kier alpha value is -1.59. The van der Waals surface area contributed by atoms with Crippen molar-refractivity contribution >= 4 is 5.91 Å². The minimum Gasteiger partial charge on any atom is -0.497 e. The zero-order valence-corrected chi connectivity index (χ0v) is 16.3. The van der Waals surface area contributed by atoms with Gasteiger partial charge in [0.15, 0.2) is 0 Å². The third kappa shape index (κ3) is 2.95. The van der Waals surface area contributed by atoms with Crippen molar-refractivity contribution in [1.29, 1.82) is 0 Å². The fourth-order valence-electron chi connectivity index (χ4n) is 6.16. The van der Waals surface area contributed by atoms with Crippen LogP contribution in [0.1, 0.15) is 36.8 Å². The van der Waals surface area contributed by atoms with E-state index in [0.717, 1.165) is 37.6 Å². The molecule has 2 N–H and O–H groups in total. The number of amides is 1. The summed E-state index contributed by atoms with van der Waals surface area (Å²) in [6.07, 6.45) is 6.29. The van der Waals surface area contributed by atoms with E-state index in [0.29, 0.717) is 18.5 Å². The molecule has 3 fully saturated rings. The van der Waals surface area contributed by atoms with Gasteiger partial charge in [-0.3, -0.25) is 14.6 Å². The average molecular weight is 370 g/mol. The lowest BCUT2D eigenvalue weighted by Gasteiger charge is -2.60. The molecule has 1 aromatic carbocycles. The van der Waals surface area contributed by atoms with Gasteiger partial charge in [-0.05, 0) is 80.3 Å². The summed E-state index contributed by atoms with van der Waals surface area (Å²) < 4.78 is 5.57. The lowest BCUT2D eigenvalue weighted by atomic mass is 9.54. The van der Waals surface area contributed by atoms with Crippen LogP contribution in [0.4, 0.5) is 0 Å². The Balaban J connectivity index is 1.52. The number of nitrogens with two attached hydrogens (primary N) is 1. The molecule has 1 aromatic rings. The number of likely N-dealkylation sites (tertiary alicyclic amines) is 2. The lowest BCUT2D eigenvalue weighted by Crippen LogP contribution is -2.66. The number of carbonyl (C=O) groups is 1. The van der Waals surface area contributed by atoms with Gasteiger partial charge in [0.25, 0.3) is 0 Å². The molecule has 5 rings (SSSR count). The van der Waals surface area contributed by atoms with E-state index in [-0.39, 0.29) is 11.3 Å². The molecule has 2 aliphatic carbocycles. The van der Waals surface area contributed by atoms with E-state index < -0.39 is 0 Å². The van der Waals surface area contributed by atoms with Gasteiger partial charge < -0.3 is 10.5 Å². The van der Waals surface area contributed by atoms with E-state index in [1.165, 1.54) is 43.5 Å². The summed E-state index contributed by atoms with van der Waals surface area (Å²) in [5.41, 5.74) is 8.79. The molecule has 2 bridgehead atoms. The normalized spacial score (nSPS) is 33.2. The van der Waals surface area contributed by atoms with Crippen LogP contribution in [0.3, 0.4) is 0 Å². The van der Waals surface area contributed by atoms with Crippen LogP contribution < -0.4 is 10.5 Å². The largest absolute Gasteiger partial charge is 0.497 e. The van der Waals surface area contributed by atoms with Crippen molar-refractivity contribution in [3.63, 3.8) is 0 Å². The molecule has 0 aromatic heterocycles. The van der Waals surface area contributed by atoms with Crippen molar-refractivity contribution in [3.05, 3.63) is 29.3 Å². The quantitative estimate of drug-likeness (QED) is 0.860. The Morgan fingerprint density at radius 2 is 2.11 bits per heavy atom. The molecule has 0 radical (unpaired) electrons. The second-order valence-corrected chi connectivity index (χ2v) is 9.20. The smallest absolute Gasteiger partial charge is 0.231 e. The molecule has 2 heterocycles. The SMILES string of the molecule is COc1ccc2c(c1)[C@@]13CCN(CC(N)=O)C[C@H]1[C@@H](C2)N(CC1CC1)CC3. The van der Waals surface area contributed by atoms with Crippen LogP contribution in [-0.2, 0) is 16.6 Å². The predicted molar refractivity (Wildman–Crippen MR) is 105 cm³/mol. The number of methoxy groups -OCH3 is 1. The number of rotatable bonds is 5. The van der Waals surface area contributed by atoms with Crippen molar-refractivity contribution in [2.24, 2.45) is 17.6 Å². The Bertz CT molecular complexity index is 747. The maximum Gasteiger partial charge on any atom is 0.231 e. The molecule has 1 saturated carbocycles. The van der Waals surface area contributed by atoms with Crippen LogP contribution in [0.15, 0.2) is 18.2 Å². The van der Waals surface area contributed by atoms with E-state index in [2.05, 4.69) is 28.0 Å². The molecule has 3 atom stereocenters. The average Bonchev–Trinajstić information content (AvgIpc) is 3.47. The first-order valence-electron chi connectivity index (χ1n) is 10.5. The molecule has 146 valence electrons. The number of hydrogen-bond acceptors (Lipinski definition) is 4. The first kappa shape index (κ1) is 17.5. The monoisotopic (exact) mass is 369 g/mol. The van der Waals surface area contributed by atoms with E-state index in [4.69, 9.17) is 10.5 Å². The van der Waals surface area contributed by atoms with Gasteiger partial charge in [0.2, 0.25) is 5.91 Å². The summed E-state index contributed by atoms with van der Waals surface area (Å²) in [7, 11) is 1.76. The fraction of sp³-hybridized carbons (Fsp3) is 0.682. The second kappa shape index (κ2) is 6.49. The summed E-state index contributed by atoms with van der Waals surface area (Å²) in [5.74, 6) is 2.27. The molecule has 4 aliphatic rings. The lowest BCUT2D eigenvalue weighted by molar-refractivity contribution is -0.121. The molecule has 5 heteroatoms. The third-order valence-corrected chi connectivity index (χ3v) is 7.67. The molecular formula is C22H31N3O2. The van der Waals surface area contributed by atoms with Crippen LogP contribution in [0, 0.1) is 11.8 Å². The predicted octanol–water partition coefficient (Wildman–Crippen LogP) is 1.78.